The summed E-state index contributed by atoms with van der Waals surface area (Å²) in [6, 6.07) is 6.46. The smallest absolute Gasteiger partial charge is 0.137 e. The number of hydrogen-bond donors (Lipinski definition) is 1. The largest absolute Gasteiger partial charge is 0.495 e. The van der Waals surface area contributed by atoms with Crippen molar-refractivity contribution in [3.63, 3.8) is 0 Å². The van der Waals surface area contributed by atoms with E-state index < -0.39 is 0 Å². The molecule has 0 aromatic heterocycles. The van der Waals surface area contributed by atoms with Gasteiger partial charge in [0, 0.05) is 6.04 Å². The average molecular weight is 228 g/mol. The number of hydrogen-bond acceptors (Lipinski definition) is 2. The molecule has 0 radical (unpaired) electrons. The van der Waals surface area contributed by atoms with E-state index in [1.807, 2.05) is 19.2 Å². The first-order valence-electron chi connectivity index (χ1n) is 5.21. The van der Waals surface area contributed by atoms with Crippen LogP contribution in [0.25, 0.3) is 0 Å². The Balaban J connectivity index is 2.74. The molecule has 0 fully saturated rings. The van der Waals surface area contributed by atoms with Crippen LogP contribution in [0.5, 0.6) is 5.75 Å². The molecule has 0 heterocycles. The molecule has 1 aromatic carbocycles. The van der Waals surface area contributed by atoms with Gasteiger partial charge in [0.05, 0.1) is 12.1 Å². The summed E-state index contributed by atoms with van der Waals surface area (Å²) in [5.74, 6) is 0.734. The summed E-state index contributed by atoms with van der Waals surface area (Å²) in [4.78, 5) is 0. The quantitative estimate of drug-likeness (QED) is 0.835. The van der Waals surface area contributed by atoms with E-state index in [4.69, 9.17) is 16.3 Å². The van der Waals surface area contributed by atoms with E-state index >= 15 is 0 Å². The summed E-state index contributed by atoms with van der Waals surface area (Å²) in [6.07, 6.45) is 2.11. The van der Waals surface area contributed by atoms with Crippen molar-refractivity contribution >= 4 is 11.6 Å². The number of halogens is 1. The minimum Gasteiger partial charge on any atom is -0.495 e. The monoisotopic (exact) mass is 227 g/mol. The molecule has 1 rings (SSSR count). The molecule has 0 amide bonds. The fourth-order valence-electron chi connectivity index (χ4n) is 1.57. The van der Waals surface area contributed by atoms with Crippen LogP contribution in [0.2, 0.25) is 5.02 Å². The third kappa shape index (κ3) is 3.40. The van der Waals surface area contributed by atoms with Crippen molar-refractivity contribution in [2.45, 2.75) is 25.8 Å². The lowest BCUT2D eigenvalue weighted by Crippen LogP contribution is -2.26. The molecule has 0 aliphatic heterocycles. The van der Waals surface area contributed by atoms with Crippen molar-refractivity contribution in [1.82, 2.24) is 5.32 Å². The van der Waals surface area contributed by atoms with Crippen LogP contribution in [-0.2, 0) is 6.42 Å². The van der Waals surface area contributed by atoms with Crippen LogP contribution in [0.1, 0.15) is 18.9 Å². The lowest BCUT2D eigenvalue weighted by Gasteiger charge is -2.14. The van der Waals surface area contributed by atoms with Gasteiger partial charge in [-0.1, -0.05) is 24.6 Å². The lowest BCUT2D eigenvalue weighted by atomic mass is 10.0. The third-order valence-electron chi connectivity index (χ3n) is 2.60. The summed E-state index contributed by atoms with van der Waals surface area (Å²) < 4.78 is 5.11. The Labute approximate surface area is 96.6 Å². The number of likely N-dealkylation sites (N-methyl/N-ethyl adjacent to an activating group) is 1. The van der Waals surface area contributed by atoms with E-state index in [1.54, 1.807) is 7.11 Å². The molecule has 0 aliphatic carbocycles. The highest BCUT2D eigenvalue weighted by Gasteiger charge is 2.06. The van der Waals surface area contributed by atoms with Crippen molar-refractivity contribution in [1.29, 1.82) is 0 Å². The first kappa shape index (κ1) is 12.3. The second-order valence-electron chi connectivity index (χ2n) is 3.57. The van der Waals surface area contributed by atoms with Crippen LogP contribution >= 0.6 is 11.6 Å². The molecule has 0 bridgehead atoms. The molecule has 0 spiro atoms. The van der Waals surface area contributed by atoms with E-state index in [1.165, 1.54) is 5.56 Å². The fraction of sp³-hybridized carbons (Fsp3) is 0.500. The molecule has 0 aliphatic rings. The predicted octanol–water partition coefficient (Wildman–Crippen LogP) is 2.89. The molecule has 1 aromatic rings. The Morgan fingerprint density at radius 3 is 2.67 bits per heavy atom. The third-order valence-corrected chi connectivity index (χ3v) is 2.89. The Morgan fingerprint density at radius 2 is 2.20 bits per heavy atom. The van der Waals surface area contributed by atoms with Gasteiger partial charge in [0.2, 0.25) is 0 Å². The van der Waals surface area contributed by atoms with Gasteiger partial charge in [-0.25, -0.2) is 0 Å². The van der Waals surface area contributed by atoms with Crippen molar-refractivity contribution in [3.8, 4) is 5.75 Å². The van der Waals surface area contributed by atoms with Crippen LogP contribution in [0.15, 0.2) is 18.2 Å². The van der Waals surface area contributed by atoms with Gasteiger partial charge in [0.15, 0.2) is 0 Å². The Morgan fingerprint density at radius 1 is 1.47 bits per heavy atom. The zero-order valence-corrected chi connectivity index (χ0v) is 10.3. The minimum atomic E-state index is 0.509. The van der Waals surface area contributed by atoms with E-state index in [-0.39, 0.29) is 0 Å². The Bertz CT molecular complexity index is 310. The van der Waals surface area contributed by atoms with Crippen molar-refractivity contribution < 1.29 is 4.74 Å². The van der Waals surface area contributed by atoms with Crippen LogP contribution in [0.4, 0.5) is 0 Å². The van der Waals surface area contributed by atoms with Crippen LogP contribution < -0.4 is 10.1 Å². The lowest BCUT2D eigenvalue weighted by molar-refractivity contribution is 0.414. The summed E-state index contributed by atoms with van der Waals surface area (Å²) >= 11 is 6.05. The molecule has 0 saturated heterocycles. The molecule has 0 saturated carbocycles. The molecular weight excluding hydrogens is 210 g/mol. The highest BCUT2D eigenvalue weighted by molar-refractivity contribution is 6.32. The molecule has 2 nitrogen and oxygen atoms in total. The topological polar surface area (TPSA) is 21.3 Å². The zero-order chi connectivity index (χ0) is 11.3. The zero-order valence-electron chi connectivity index (χ0n) is 9.51. The second kappa shape index (κ2) is 5.99. The molecule has 1 atom stereocenters. The standard InChI is InChI=1S/C12H18ClNO/c1-4-10(14-2)7-9-5-6-12(15-3)11(13)8-9/h5-6,8,10,14H,4,7H2,1-3H3. The number of methoxy groups -OCH3 is 1. The number of rotatable bonds is 5. The number of ether oxygens (including phenoxy) is 1. The maximum absolute atomic E-state index is 6.05. The molecule has 3 heteroatoms. The van der Waals surface area contributed by atoms with Gasteiger partial charge < -0.3 is 10.1 Å². The first-order chi connectivity index (χ1) is 7.21. The van der Waals surface area contributed by atoms with E-state index in [0.717, 1.165) is 18.6 Å². The maximum Gasteiger partial charge on any atom is 0.137 e. The number of benzene rings is 1. The van der Waals surface area contributed by atoms with Gasteiger partial charge in [0.25, 0.3) is 0 Å². The predicted molar refractivity (Wildman–Crippen MR) is 64.8 cm³/mol. The summed E-state index contributed by atoms with van der Waals surface area (Å²) in [5, 5.41) is 3.96. The van der Waals surface area contributed by atoms with Gasteiger partial charge in [-0.05, 0) is 37.6 Å². The molecule has 84 valence electrons. The van der Waals surface area contributed by atoms with E-state index in [0.29, 0.717) is 11.1 Å². The van der Waals surface area contributed by atoms with Crippen LogP contribution in [-0.4, -0.2) is 20.2 Å². The summed E-state index contributed by atoms with van der Waals surface area (Å²) in [7, 11) is 3.61. The first-order valence-corrected chi connectivity index (χ1v) is 5.58. The molecule has 15 heavy (non-hydrogen) atoms. The van der Waals surface area contributed by atoms with Gasteiger partial charge in [0.1, 0.15) is 5.75 Å². The normalized spacial score (nSPS) is 12.5. The highest BCUT2D eigenvalue weighted by atomic mass is 35.5. The van der Waals surface area contributed by atoms with Crippen molar-refractivity contribution in [2.75, 3.05) is 14.2 Å². The van der Waals surface area contributed by atoms with Crippen LogP contribution in [0.3, 0.4) is 0 Å². The molecule has 1 unspecified atom stereocenters. The highest BCUT2D eigenvalue weighted by Crippen LogP contribution is 2.25. The summed E-state index contributed by atoms with van der Waals surface area (Å²) in [5.41, 5.74) is 1.24. The Hall–Kier alpha value is -0.730. The Kier molecular flexibility index (Phi) is 4.92. The summed E-state index contributed by atoms with van der Waals surface area (Å²) in [6.45, 7) is 2.17. The average Bonchev–Trinajstić information content (AvgIpc) is 2.26. The van der Waals surface area contributed by atoms with E-state index in [2.05, 4.69) is 18.3 Å². The van der Waals surface area contributed by atoms with E-state index in [9.17, 15) is 0 Å². The molecular formula is C12H18ClNO. The van der Waals surface area contributed by atoms with Gasteiger partial charge >= 0.3 is 0 Å². The SMILES string of the molecule is CCC(Cc1ccc(OC)c(Cl)c1)NC. The van der Waals surface area contributed by atoms with Gasteiger partial charge in [-0.3, -0.25) is 0 Å². The minimum absolute atomic E-state index is 0.509. The van der Waals surface area contributed by atoms with Crippen molar-refractivity contribution in [2.24, 2.45) is 0 Å². The molecule has 1 N–H and O–H groups in total. The van der Waals surface area contributed by atoms with Gasteiger partial charge in [-0.15, -0.1) is 0 Å². The number of nitrogens with one attached hydrogen (secondary N) is 1. The van der Waals surface area contributed by atoms with Crippen LogP contribution in [0, 0.1) is 0 Å². The second-order valence-corrected chi connectivity index (χ2v) is 3.97. The maximum atomic E-state index is 6.05. The fourth-order valence-corrected chi connectivity index (χ4v) is 1.85. The van der Waals surface area contributed by atoms with Gasteiger partial charge in [-0.2, -0.15) is 0 Å². The van der Waals surface area contributed by atoms with Crippen molar-refractivity contribution in [3.05, 3.63) is 28.8 Å².